The number of aliphatic hydroxyl groups excluding tert-OH is 1. The van der Waals surface area contributed by atoms with Crippen LogP contribution in [0, 0.1) is 0 Å². The van der Waals surface area contributed by atoms with Gasteiger partial charge < -0.3 is 16.6 Å². The number of hydrogen-bond donors (Lipinski definition) is 3. The first-order chi connectivity index (χ1) is 3.15. The Balaban J connectivity index is 0. The summed E-state index contributed by atoms with van der Waals surface area (Å²) < 4.78 is 0. The highest BCUT2D eigenvalue weighted by atomic mass is 16.2. The summed E-state index contributed by atoms with van der Waals surface area (Å²) in [6.45, 7) is 1.93. The van der Waals surface area contributed by atoms with Gasteiger partial charge in [-0.3, -0.25) is 0 Å². The molecule has 44 valence electrons. The molecule has 0 saturated heterocycles. The number of nitrogens with two attached hydrogens (primary N) is 2. The fraction of sp³-hybridized carbons (Fsp3) is 0.667. The van der Waals surface area contributed by atoms with Gasteiger partial charge in [-0.05, 0) is 6.92 Å². The monoisotopic (exact) mass is 106 g/mol. The summed E-state index contributed by atoms with van der Waals surface area (Å²) in [6, 6.07) is -0.833. The topological polar surface area (TPSA) is 89.3 Å². The Morgan fingerprint density at radius 2 is 1.71 bits per heavy atom. The summed E-state index contributed by atoms with van der Waals surface area (Å²) in [5, 5.41) is 7.57. The highest BCUT2D eigenvalue weighted by Gasteiger charge is 1.60. The minimum atomic E-state index is -0.833. The number of carbonyl (C=O) groups is 1. The van der Waals surface area contributed by atoms with E-state index in [1.54, 1.807) is 6.92 Å². The van der Waals surface area contributed by atoms with Crippen LogP contribution < -0.4 is 11.5 Å². The Kier molecular flexibility index (Phi) is 12.2. The van der Waals surface area contributed by atoms with Crippen LogP contribution in [-0.4, -0.2) is 17.7 Å². The number of rotatable bonds is 0. The van der Waals surface area contributed by atoms with Crippen molar-refractivity contribution in [3.8, 4) is 0 Å². The van der Waals surface area contributed by atoms with Crippen molar-refractivity contribution in [1.82, 2.24) is 0 Å². The van der Waals surface area contributed by atoms with Gasteiger partial charge in [-0.25, -0.2) is 4.79 Å². The Hall–Kier alpha value is -0.770. The maximum atomic E-state index is 9.00. The van der Waals surface area contributed by atoms with Crippen molar-refractivity contribution < 1.29 is 9.90 Å². The summed E-state index contributed by atoms with van der Waals surface area (Å²) in [5.74, 6) is 0. The molecule has 0 aromatic rings. The van der Waals surface area contributed by atoms with E-state index in [-0.39, 0.29) is 6.61 Å². The van der Waals surface area contributed by atoms with E-state index in [4.69, 9.17) is 9.90 Å². The quantitative estimate of drug-likeness (QED) is 0.370. The summed E-state index contributed by atoms with van der Waals surface area (Å²) in [7, 11) is 0. The van der Waals surface area contributed by atoms with E-state index in [1.165, 1.54) is 0 Å². The lowest BCUT2D eigenvalue weighted by Gasteiger charge is -1.62. The van der Waals surface area contributed by atoms with Crippen LogP contribution in [-0.2, 0) is 0 Å². The molecule has 0 aliphatic rings. The van der Waals surface area contributed by atoms with Crippen molar-refractivity contribution in [3.05, 3.63) is 0 Å². The van der Waals surface area contributed by atoms with Crippen molar-refractivity contribution in [2.24, 2.45) is 11.5 Å². The number of primary amides is 2. The van der Waals surface area contributed by atoms with Crippen LogP contribution in [0.15, 0.2) is 0 Å². The molecule has 0 atom stereocenters. The molecule has 4 nitrogen and oxygen atoms in total. The minimum absolute atomic E-state index is 0.250. The van der Waals surface area contributed by atoms with Crippen LogP contribution in [0.3, 0.4) is 0 Å². The molecule has 0 fully saturated rings. The lowest BCUT2D eigenvalue weighted by atomic mass is 10.9. The van der Waals surface area contributed by atoms with Gasteiger partial charge >= 0.3 is 6.03 Å². The molecule has 0 rings (SSSR count). The molecule has 0 aliphatic heterocycles. The third-order valence-electron chi connectivity index (χ3n) is 0. The zero-order valence-electron chi connectivity index (χ0n) is 4.22. The van der Waals surface area contributed by atoms with Crippen LogP contribution in [0.2, 0.25) is 0 Å². The third-order valence-corrected chi connectivity index (χ3v) is 0. The predicted octanol–water partition coefficient (Wildman–Crippen LogP) is -0.978. The summed E-state index contributed by atoms with van der Waals surface area (Å²) in [6.07, 6.45) is 0. The zero-order chi connectivity index (χ0) is 6.28. The fourth-order valence-electron chi connectivity index (χ4n) is 0. The third kappa shape index (κ3) is 92.0. The number of urea groups is 1. The van der Waals surface area contributed by atoms with Gasteiger partial charge in [0.25, 0.3) is 0 Å². The molecule has 4 heteroatoms. The molecule has 5 N–H and O–H groups in total. The standard InChI is InChI=1S/C2H6O.CH4N2O/c1-2-3;2-1(3)4/h3H,2H2,1H3;(H4,2,3,4). The van der Waals surface area contributed by atoms with Gasteiger partial charge in [-0.15, -0.1) is 0 Å². The maximum absolute atomic E-state index is 9.00. The van der Waals surface area contributed by atoms with Gasteiger partial charge in [0.05, 0.1) is 0 Å². The van der Waals surface area contributed by atoms with E-state index >= 15 is 0 Å². The SMILES string of the molecule is CCO.NC(N)=O. The van der Waals surface area contributed by atoms with Gasteiger partial charge in [0.2, 0.25) is 0 Å². The van der Waals surface area contributed by atoms with Gasteiger partial charge in [0, 0.05) is 6.61 Å². The average Bonchev–Trinajstić information content (AvgIpc) is 1.33. The Bertz CT molecular complexity index is 42.2. The highest BCUT2D eigenvalue weighted by molar-refractivity contribution is 5.69. The zero-order valence-corrected chi connectivity index (χ0v) is 4.22. The molecule has 0 spiro atoms. The van der Waals surface area contributed by atoms with E-state index in [1.807, 2.05) is 0 Å². The number of amides is 2. The second-order valence-corrected chi connectivity index (χ2v) is 0.719. The number of carbonyl (C=O) groups excluding carboxylic acids is 1. The normalized spacial score (nSPS) is 6.00. The van der Waals surface area contributed by atoms with E-state index in [9.17, 15) is 0 Å². The molecule has 0 unspecified atom stereocenters. The smallest absolute Gasteiger partial charge is 0.309 e. The minimum Gasteiger partial charge on any atom is -0.397 e. The van der Waals surface area contributed by atoms with Gasteiger partial charge in [-0.2, -0.15) is 0 Å². The Labute approximate surface area is 42.1 Å². The fourth-order valence-corrected chi connectivity index (χ4v) is 0. The lowest BCUT2D eigenvalue weighted by molar-refractivity contribution is 0.256. The van der Waals surface area contributed by atoms with Crippen molar-refractivity contribution in [2.45, 2.75) is 6.92 Å². The van der Waals surface area contributed by atoms with Crippen LogP contribution >= 0.6 is 0 Å². The molecule has 2 amide bonds. The van der Waals surface area contributed by atoms with E-state index in [0.717, 1.165) is 0 Å². The van der Waals surface area contributed by atoms with E-state index in [0.29, 0.717) is 0 Å². The lowest BCUT2D eigenvalue weighted by Crippen LogP contribution is -2.18. The number of hydrogen-bond acceptors (Lipinski definition) is 2. The molecular formula is C3H10N2O2. The molecule has 0 aliphatic carbocycles. The van der Waals surface area contributed by atoms with Gasteiger partial charge in [0.1, 0.15) is 0 Å². The predicted molar refractivity (Wildman–Crippen MR) is 26.5 cm³/mol. The molecule has 0 radical (unpaired) electrons. The maximum Gasteiger partial charge on any atom is 0.309 e. The van der Waals surface area contributed by atoms with Crippen LogP contribution in [0.1, 0.15) is 6.92 Å². The molecule has 0 aromatic heterocycles. The van der Waals surface area contributed by atoms with Gasteiger partial charge in [0.15, 0.2) is 0 Å². The average molecular weight is 106 g/mol. The first-order valence-corrected chi connectivity index (χ1v) is 1.80. The van der Waals surface area contributed by atoms with E-state index < -0.39 is 6.03 Å². The number of aliphatic hydroxyl groups is 1. The first kappa shape index (κ1) is 9.52. The second-order valence-electron chi connectivity index (χ2n) is 0.719. The summed E-state index contributed by atoms with van der Waals surface area (Å²) in [4.78, 5) is 9.00. The highest BCUT2D eigenvalue weighted by Crippen LogP contribution is 1.30. The van der Waals surface area contributed by atoms with Crippen LogP contribution in [0.25, 0.3) is 0 Å². The van der Waals surface area contributed by atoms with E-state index in [2.05, 4.69) is 11.5 Å². The first-order valence-electron chi connectivity index (χ1n) is 1.80. The molecule has 0 saturated carbocycles. The Morgan fingerprint density at radius 1 is 1.71 bits per heavy atom. The van der Waals surface area contributed by atoms with Crippen molar-refractivity contribution in [3.63, 3.8) is 0 Å². The molecule has 0 heterocycles. The van der Waals surface area contributed by atoms with Crippen molar-refractivity contribution in [2.75, 3.05) is 6.61 Å². The van der Waals surface area contributed by atoms with Crippen molar-refractivity contribution in [1.29, 1.82) is 0 Å². The Morgan fingerprint density at radius 3 is 1.71 bits per heavy atom. The van der Waals surface area contributed by atoms with Crippen molar-refractivity contribution >= 4 is 6.03 Å². The largest absolute Gasteiger partial charge is 0.397 e. The molecule has 7 heavy (non-hydrogen) atoms. The second kappa shape index (κ2) is 8.97. The summed E-state index contributed by atoms with van der Waals surface area (Å²) >= 11 is 0. The van der Waals surface area contributed by atoms with Gasteiger partial charge in [-0.1, -0.05) is 0 Å². The molecule has 0 bridgehead atoms. The van der Waals surface area contributed by atoms with Crippen LogP contribution in [0.5, 0.6) is 0 Å². The molecular weight excluding hydrogens is 96.0 g/mol. The summed E-state index contributed by atoms with van der Waals surface area (Å²) in [5.41, 5.74) is 8.50. The molecule has 0 aromatic carbocycles. The van der Waals surface area contributed by atoms with Crippen LogP contribution in [0.4, 0.5) is 4.79 Å².